The summed E-state index contributed by atoms with van der Waals surface area (Å²) in [5.74, 6) is 0. The summed E-state index contributed by atoms with van der Waals surface area (Å²) in [6, 6.07) is 60.1. The molecule has 1 aromatic heterocycles. The summed E-state index contributed by atoms with van der Waals surface area (Å²) in [5, 5.41) is 1.13. The second kappa shape index (κ2) is 16.9. The number of nitrogens with zero attached hydrogens (tertiary/aromatic N) is 3. The lowest BCUT2D eigenvalue weighted by atomic mass is 9.35. The van der Waals surface area contributed by atoms with Gasteiger partial charge >= 0.3 is 0 Å². The fourth-order valence-electron chi connectivity index (χ4n) is 15.1. The van der Waals surface area contributed by atoms with Gasteiger partial charge in [-0.3, -0.25) is 0 Å². The number of aryl methyl sites for hydroxylation is 1. The van der Waals surface area contributed by atoms with Crippen LogP contribution in [0.25, 0.3) is 22.1 Å². The summed E-state index contributed by atoms with van der Waals surface area (Å²) < 4.78 is 35.0. The van der Waals surface area contributed by atoms with Gasteiger partial charge in [-0.05, 0) is 200 Å². The highest BCUT2D eigenvalue weighted by Crippen LogP contribution is 2.62. The number of rotatable bonds is 6. The first-order valence-electron chi connectivity index (χ1n) is 30.6. The Morgan fingerprint density at radius 3 is 1.78 bits per heavy atom. The molecule has 8 aromatic carbocycles. The molecule has 5 aliphatic rings. The van der Waals surface area contributed by atoms with Crippen LogP contribution in [0.4, 0.5) is 51.2 Å². The highest BCUT2D eigenvalue weighted by atomic mass is 16.3. The van der Waals surface area contributed by atoms with Gasteiger partial charge in [-0.25, -0.2) is 0 Å². The van der Waals surface area contributed by atoms with Crippen LogP contribution in [-0.2, 0) is 32.5 Å². The van der Waals surface area contributed by atoms with Gasteiger partial charge in [0.15, 0.2) is 0 Å². The van der Waals surface area contributed by atoms with E-state index in [1.54, 1.807) is 6.07 Å². The highest BCUT2D eigenvalue weighted by molar-refractivity contribution is 7.00. The van der Waals surface area contributed by atoms with Crippen LogP contribution in [0.2, 0.25) is 0 Å². The standard InChI is InChI=1S/C74H76BN3O/c1-46-22-20-21-27-60(46)76(50-25-18-15-19-26-50)52-39-63-66-64(40-52)78(61-33-30-49(70(5,6)7)38-53(61)47-23-16-14-17-24-47)62-43-56-55(71(8,9)34-35-72(56,10)11)42-59(62)75(66)68-67(77(63)51-31-28-48(29-32-51)69(2,3)4)54-41-57-58(44-65(54)79-68)74(13)37-36-73(57,12)45-74/h14-33,38-44H,34-37,45H2,1-13H3/i1D3. The second-order valence-electron chi connectivity index (χ2n) is 28.1. The number of hydrogen-bond donors (Lipinski definition) is 0. The van der Waals surface area contributed by atoms with E-state index in [1.807, 2.05) is 24.3 Å². The van der Waals surface area contributed by atoms with Crippen molar-refractivity contribution in [3.05, 3.63) is 203 Å². The lowest BCUT2D eigenvalue weighted by molar-refractivity contribution is 0.332. The maximum Gasteiger partial charge on any atom is 0.297 e. The van der Waals surface area contributed by atoms with Gasteiger partial charge in [0, 0.05) is 49.2 Å². The third kappa shape index (κ3) is 7.53. The van der Waals surface area contributed by atoms with E-state index in [2.05, 4.69) is 231 Å². The van der Waals surface area contributed by atoms with Gasteiger partial charge < -0.3 is 19.1 Å². The molecule has 0 radical (unpaired) electrons. The molecule has 5 heteroatoms. The smallest absolute Gasteiger partial charge is 0.297 e. The van der Waals surface area contributed by atoms with Crippen molar-refractivity contribution in [2.24, 2.45) is 0 Å². The Bertz CT molecular complexity index is 4090. The van der Waals surface area contributed by atoms with E-state index in [9.17, 15) is 0 Å². The molecular formula is C74H76BN3O. The molecule has 3 aliphatic carbocycles. The molecule has 9 aromatic rings. The Morgan fingerprint density at radius 2 is 1.13 bits per heavy atom. The summed E-state index contributed by atoms with van der Waals surface area (Å²) >= 11 is 0. The molecule has 2 unspecified atom stereocenters. The van der Waals surface area contributed by atoms with Crippen LogP contribution in [0, 0.1) is 6.85 Å². The lowest BCUT2D eigenvalue weighted by Gasteiger charge is -2.47. The van der Waals surface area contributed by atoms with Crippen LogP contribution >= 0.6 is 0 Å². The molecule has 2 bridgehead atoms. The summed E-state index contributed by atoms with van der Waals surface area (Å²) in [6.45, 7) is 25.8. The first-order chi connectivity index (χ1) is 38.7. The van der Waals surface area contributed by atoms with Gasteiger partial charge in [0.05, 0.1) is 22.7 Å². The maximum absolute atomic E-state index is 9.06. The Balaban J connectivity index is 1.18. The van der Waals surface area contributed by atoms with Gasteiger partial charge in [-0.1, -0.05) is 174 Å². The molecule has 0 amide bonds. The molecule has 3 heterocycles. The molecule has 14 rings (SSSR count). The highest BCUT2D eigenvalue weighted by Gasteiger charge is 2.55. The van der Waals surface area contributed by atoms with Gasteiger partial charge in [-0.15, -0.1) is 0 Å². The molecular weight excluding hydrogens is 958 g/mol. The topological polar surface area (TPSA) is 22.9 Å². The van der Waals surface area contributed by atoms with Crippen molar-refractivity contribution in [2.45, 2.75) is 155 Å². The predicted molar refractivity (Wildman–Crippen MR) is 336 cm³/mol. The average Bonchev–Trinajstić information content (AvgIpc) is 1.79. The zero-order valence-corrected chi connectivity index (χ0v) is 48.5. The molecule has 2 atom stereocenters. The number of benzene rings is 8. The Labute approximate surface area is 474 Å². The van der Waals surface area contributed by atoms with Crippen molar-refractivity contribution in [3.63, 3.8) is 0 Å². The predicted octanol–water partition coefficient (Wildman–Crippen LogP) is 18.6. The minimum absolute atomic E-state index is 0.0689. The summed E-state index contributed by atoms with van der Waals surface area (Å²) in [7, 11) is 0. The molecule has 0 spiro atoms. The van der Waals surface area contributed by atoms with Crippen LogP contribution in [-0.4, -0.2) is 6.71 Å². The first kappa shape index (κ1) is 46.7. The monoisotopic (exact) mass is 1040 g/mol. The van der Waals surface area contributed by atoms with Crippen LogP contribution in [0.15, 0.2) is 168 Å². The third-order valence-corrected chi connectivity index (χ3v) is 19.7. The van der Waals surface area contributed by atoms with E-state index >= 15 is 0 Å². The normalized spacial score (nSPS) is 20.9. The molecule has 0 saturated heterocycles. The molecule has 0 N–H and O–H groups in total. The Hall–Kier alpha value is -7.24. The number of hydrogen-bond acceptors (Lipinski definition) is 4. The minimum Gasteiger partial charge on any atom is -0.468 e. The first-order valence-corrected chi connectivity index (χ1v) is 29.1. The quantitative estimate of drug-likeness (QED) is 0.155. The minimum atomic E-state index is -2.40. The second-order valence-corrected chi connectivity index (χ2v) is 28.1. The number of para-hydroxylation sites is 2. The Morgan fingerprint density at radius 1 is 0.532 bits per heavy atom. The molecule has 1 saturated carbocycles. The lowest BCUT2D eigenvalue weighted by Crippen LogP contribution is -2.61. The van der Waals surface area contributed by atoms with Gasteiger partial charge in [-0.2, -0.15) is 0 Å². The zero-order chi connectivity index (χ0) is 57.4. The van der Waals surface area contributed by atoms with Crippen LogP contribution in [0.1, 0.15) is 158 Å². The van der Waals surface area contributed by atoms with Crippen LogP contribution in [0.5, 0.6) is 0 Å². The largest absolute Gasteiger partial charge is 0.468 e. The van der Waals surface area contributed by atoms with Crippen molar-refractivity contribution >= 4 is 85.5 Å². The fraction of sp³-hybridized carbons (Fsp3) is 0.324. The van der Waals surface area contributed by atoms with Crippen LogP contribution < -0.4 is 31.3 Å². The van der Waals surface area contributed by atoms with Gasteiger partial charge in [0.2, 0.25) is 0 Å². The van der Waals surface area contributed by atoms with E-state index < -0.39 is 6.85 Å². The zero-order valence-electron chi connectivity index (χ0n) is 51.5. The molecule has 2 aliphatic heterocycles. The van der Waals surface area contributed by atoms with E-state index in [4.69, 9.17) is 8.53 Å². The summed E-state index contributed by atoms with van der Waals surface area (Å²) in [6.07, 6.45) is 5.66. The van der Waals surface area contributed by atoms with Crippen LogP contribution in [0.3, 0.4) is 0 Å². The van der Waals surface area contributed by atoms with Gasteiger partial charge in [0.25, 0.3) is 6.71 Å². The Kier molecular flexibility index (Phi) is 9.98. The molecule has 79 heavy (non-hydrogen) atoms. The number of furan rings is 1. The fourth-order valence-corrected chi connectivity index (χ4v) is 15.1. The maximum atomic E-state index is 9.06. The average molecular weight is 1040 g/mol. The van der Waals surface area contributed by atoms with Crippen molar-refractivity contribution in [1.29, 1.82) is 0 Å². The van der Waals surface area contributed by atoms with E-state index in [-0.39, 0.29) is 44.8 Å². The molecule has 396 valence electrons. The van der Waals surface area contributed by atoms with Crippen molar-refractivity contribution in [1.82, 2.24) is 0 Å². The SMILES string of the molecule is [2H]C([2H])([2H])c1ccccc1N(c1ccccc1)c1cc2c3c(c1)N(c1ccc(C(C)(C)C)cc1)c1c(oc4cc5c(cc14)C1(C)CCC5(C)C1)B3c1cc3c(cc1N2c1ccc(C(C)(C)C)cc1-c1ccccc1)C(C)(C)CCC3(C)C. The molecule has 1 fully saturated rings. The summed E-state index contributed by atoms with van der Waals surface area (Å²) in [5.41, 5.74) is 23.5. The third-order valence-electron chi connectivity index (χ3n) is 19.7. The van der Waals surface area contributed by atoms with E-state index in [1.165, 1.54) is 51.7 Å². The van der Waals surface area contributed by atoms with Crippen molar-refractivity contribution in [2.75, 3.05) is 14.7 Å². The van der Waals surface area contributed by atoms with E-state index in [0.717, 1.165) is 98.0 Å². The van der Waals surface area contributed by atoms with Crippen molar-refractivity contribution in [3.8, 4) is 11.1 Å². The summed E-state index contributed by atoms with van der Waals surface area (Å²) in [4.78, 5) is 7.29. The van der Waals surface area contributed by atoms with E-state index in [0.29, 0.717) is 5.69 Å². The number of fused-ring (bicyclic) bond motifs is 12. The number of anilines is 9. The molecule has 4 nitrogen and oxygen atoms in total. The van der Waals surface area contributed by atoms with Gasteiger partial charge in [0.1, 0.15) is 5.58 Å². The van der Waals surface area contributed by atoms with Crippen molar-refractivity contribution < 1.29 is 8.53 Å².